The highest BCUT2D eigenvalue weighted by Gasteiger charge is 2.19. The molecule has 0 aliphatic rings. The second-order valence-electron chi connectivity index (χ2n) is 4.88. The Labute approximate surface area is 132 Å². The first kappa shape index (κ1) is 16.9. The lowest BCUT2D eigenvalue weighted by atomic mass is 10.1. The zero-order chi connectivity index (χ0) is 17.2. The van der Waals surface area contributed by atoms with Crippen LogP contribution in [0.3, 0.4) is 0 Å². The van der Waals surface area contributed by atoms with Gasteiger partial charge in [0, 0.05) is 18.8 Å². The molecule has 1 N–H and O–H groups in total. The van der Waals surface area contributed by atoms with Gasteiger partial charge in [-0.1, -0.05) is 12.1 Å². The number of sulfonamides is 1. The molecule has 0 radical (unpaired) electrons. The van der Waals surface area contributed by atoms with Crippen LogP contribution in [0.4, 0.5) is 20.2 Å². The fourth-order valence-corrected chi connectivity index (χ4v) is 2.53. The molecule has 0 fully saturated rings. The lowest BCUT2D eigenvalue weighted by molar-refractivity contribution is 0.0994. The van der Waals surface area contributed by atoms with Crippen LogP contribution in [-0.2, 0) is 10.0 Å². The molecule has 122 valence electrons. The summed E-state index contributed by atoms with van der Waals surface area (Å²) in [6.45, 7) is 0. The van der Waals surface area contributed by atoms with Gasteiger partial charge in [-0.05, 0) is 24.3 Å². The highest BCUT2D eigenvalue weighted by Crippen LogP contribution is 2.22. The molecule has 0 atom stereocenters. The topological polar surface area (TPSA) is 66.5 Å². The van der Waals surface area contributed by atoms with Gasteiger partial charge in [-0.3, -0.25) is 9.52 Å². The molecule has 2 aromatic rings. The van der Waals surface area contributed by atoms with Crippen LogP contribution < -0.4 is 9.62 Å². The maximum atomic E-state index is 13.3. The number of benzene rings is 2. The fraction of sp³-hybridized carbons (Fsp3) is 0.133. The van der Waals surface area contributed by atoms with Gasteiger partial charge < -0.3 is 4.90 Å². The van der Waals surface area contributed by atoms with Crippen LogP contribution in [0.15, 0.2) is 42.5 Å². The number of nitrogens with one attached hydrogen (secondary N) is 1. The van der Waals surface area contributed by atoms with Crippen molar-refractivity contribution in [2.75, 3.05) is 22.9 Å². The Kier molecular flexibility index (Phi) is 4.65. The normalized spacial score (nSPS) is 11.1. The van der Waals surface area contributed by atoms with Gasteiger partial charge >= 0.3 is 0 Å². The smallest absolute Gasteiger partial charge is 0.260 e. The van der Waals surface area contributed by atoms with Crippen molar-refractivity contribution in [2.45, 2.75) is 0 Å². The summed E-state index contributed by atoms with van der Waals surface area (Å²) in [5.41, 5.74) is 0.336. The van der Waals surface area contributed by atoms with E-state index in [2.05, 4.69) is 4.72 Å². The molecule has 0 aromatic heterocycles. The van der Waals surface area contributed by atoms with Crippen molar-refractivity contribution in [3.8, 4) is 0 Å². The van der Waals surface area contributed by atoms with E-state index in [9.17, 15) is 22.0 Å². The molecular weight excluding hydrogens is 326 g/mol. The molecule has 0 saturated carbocycles. The van der Waals surface area contributed by atoms with Crippen molar-refractivity contribution in [3.63, 3.8) is 0 Å². The zero-order valence-corrected chi connectivity index (χ0v) is 13.2. The highest BCUT2D eigenvalue weighted by molar-refractivity contribution is 7.92. The van der Waals surface area contributed by atoms with Crippen molar-refractivity contribution >= 4 is 27.3 Å². The predicted octanol–water partition coefficient (Wildman–Crippen LogP) is 2.61. The number of amides is 1. The lowest BCUT2D eigenvalue weighted by Gasteiger charge is -2.19. The number of para-hydroxylation sites is 1. The molecule has 0 bridgehead atoms. The quantitative estimate of drug-likeness (QED) is 0.930. The molecule has 0 aliphatic heterocycles. The van der Waals surface area contributed by atoms with Gasteiger partial charge in [-0.2, -0.15) is 0 Å². The average Bonchev–Trinajstić information content (AvgIpc) is 2.47. The van der Waals surface area contributed by atoms with E-state index in [1.807, 2.05) is 0 Å². The lowest BCUT2D eigenvalue weighted by Crippen LogP contribution is -2.27. The van der Waals surface area contributed by atoms with Crippen LogP contribution in [0.2, 0.25) is 0 Å². The average molecular weight is 340 g/mol. The second kappa shape index (κ2) is 6.33. The molecule has 0 saturated heterocycles. The van der Waals surface area contributed by atoms with Gasteiger partial charge in [0.05, 0.1) is 17.5 Å². The third-order valence-electron chi connectivity index (χ3n) is 3.05. The van der Waals surface area contributed by atoms with Crippen molar-refractivity contribution in [3.05, 3.63) is 59.7 Å². The minimum absolute atomic E-state index is 0.0881. The van der Waals surface area contributed by atoms with Crippen LogP contribution in [0.1, 0.15) is 10.4 Å². The summed E-state index contributed by atoms with van der Waals surface area (Å²) in [7, 11) is -2.19. The maximum absolute atomic E-state index is 13.3. The number of carbonyl (C=O) groups excluding carboxylic acids is 1. The fourth-order valence-electron chi connectivity index (χ4n) is 1.95. The van der Waals surface area contributed by atoms with E-state index in [0.717, 1.165) is 23.3 Å². The summed E-state index contributed by atoms with van der Waals surface area (Å²) in [4.78, 5) is 13.6. The van der Waals surface area contributed by atoms with E-state index in [0.29, 0.717) is 0 Å². The predicted molar refractivity (Wildman–Crippen MR) is 84.0 cm³/mol. The Morgan fingerprint density at radius 3 is 2.35 bits per heavy atom. The maximum Gasteiger partial charge on any atom is 0.260 e. The molecule has 0 heterocycles. The first-order chi connectivity index (χ1) is 10.7. The van der Waals surface area contributed by atoms with Crippen molar-refractivity contribution < 1.29 is 22.0 Å². The monoisotopic (exact) mass is 340 g/mol. The summed E-state index contributed by atoms with van der Waals surface area (Å²) in [6.07, 6.45) is 0.966. The summed E-state index contributed by atoms with van der Waals surface area (Å²) in [5, 5.41) is 0. The summed E-state index contributed by atoms with van der Waals surface area (Å²) < 4.78 is 51.3. The second-order valence-corrected chi connectivity index (χ2v) is 6.63. The van der Waals surface area contributed by atoms with Gasteiger partial charge in [-0.25, -0.2) is 17.2 Å². The number of hydrogen-bond donors (Lipinski definition) is 1. The molecule has 0 aliphatic carbocycles. The minimum atomic E-state index is -3.57. The van der Waals surface area contributed by atoms with E-state index in [4.69, 9.17) is 0 Å². The molecule has 0 unspecified atom stereocenters. The first-order valence-electron chi connectivity index (χ1n) is 6.49. The van der Waals surface area contributed by atoms with Crippen LogP contribution in [0, 0.1) is 11.6 Å². The molecular formula is C15H14F2N2O3S. The Balaban J connectivity index is 2.38. The Hall–Kier alpha value is -2.48. The molecule has 23 heavy (non-hydrogen) atoms. The van der Waals surface area contributed by atoms with Crippen molar-refractivity contribution in [1.82, 2.24) is 0 Å². The molecule has 1 amide bonds. The van der Waals surface area contributed by atoms with Crippen LogP contribution in [0.25, 0.3) is 0 Å². The van der Waals surface area contributed by atoms with Crippen molar-refractivity contribution in [1.29, 1.82) is 0 Å². The number of anilines is 2. The van der Waals surface area contributed by atoms with Gasteiger partial charge in [0.25, 0.3) is 5.91 Å². The molecule has 5 nitrogen and oxygen atoms in total. The van der Waals surface area contributed by atoms with E-state index in [-0.39, 0.29) is 16.9 Å². The van der Waals surface area contributed by atoms with E-state index < -0.39 is 27.6 Å². The Bertz CT molecular complexity index is 854. The van der Waals surface area contributed by atoms with Crippen LogP contribution in [-0.4, -0.2) is 27.6 Å². The molecule has 2 rings (SSSR count). The third-order valence-corrected chi connectivity index (χ3v) is 3.64. The van der Waals surface area contributed by atoms with Crippen LogP contribution >= 0.6 is 0 Å². The first-order valence-corrected chi connectivity index (χ1v) is 8.38. The molecule has 2 aromatic carbocycles. The molecule has 0 spiro atoms. The Morgan fingerprint density at radius 1 is 1.09 bits per heavy atom. The number of hydrogen-bond acceptors (Lipinski definition) is 3. The van der Waals surface area contributed by atoms with Crippen molar-refractivity contribution in [2.24, 2.45) is 0 Å². The van der Waals surface area contributed by atoms with Gasteiger partial charge in [-0.15, -0.1) is 0 Å². The van der Waals surface area contributed by atoms with E-state index in [1.54, 1.807) is 12.1 Å². The van der Waals surface area contributed by atoms with E-state index >= 15 is 0 Å². The summed E-state index contributed by atoms with van der Waals surface area (Å²) in [6, 6.07) is 9.07. The highest BCUT2D eigenvalue weighted by atomic mass is 32.2. The van der Waals surface area contributed by atoms with Gasteiger partial charge in [0.15, 0.2) is 11.6 Å². The Morgan fingerprint density at radius 2 is 1.74 bits per heavy atom. The third kappa shape index (κ3) is 4.04. The largest absolute Gasteiger partial charge is 0.311 e. The van der Waals surface area contributed by atoms with Gasteiger partial charge in [0.2, 0.25) is 10.0 Å². The number of nitrogens with zero attached hydrogens (tertiary/aromatic N) is 1. The zero-order valence-electron chi connectivity index (χ0n) is 12.4. The SMILES string of the molecule is CN(C(=O)c1ccccc1NS(C)(=O)=O)c1ccc(F)c(F)c1. The summed E-state index contributed by atoms with van der Waals surface area (Å²) in [5.74, 6) is -2.67. The number of carbonyl (C=O) groups is 1. The van der Waals surface area contributed by atoms with E-state index in [1.165, 1.54) is 25.2 Å². The van der Waals surface area contributed by atoms with Crippen LogP contribution in [0.5, 0.6) is 0 Å². The summed E-state index contributed by atoms with van der Waals surface area (Å²) >= 11 is 0. The standard InChI is InChI=1S/C15H14F2N2O3S/c1-19(10-7-8-12(16)13(17)9-10)15(20)11-5-3-4-6-14(11)18-23(2,21)22/h3-9,18H,1-2H3. The molecule has 8 heteroatoms. The van der Waals surface area contributed by atoms with Gasteiger partial charge in [0.1, 0.15) is 0 Å². The number of halogens is 2. The minimum Gasteiger partial charge on any atom is -0.311 e. The number of rotatable bonds is 4.